The van der Waals surface area contributed by atoms with E-state index in [1.54, 1.807) is 0 Å². The fraction of sp³-hybridized carbons (Fsp3) is 1.00. The molecule has 0 radical (unpaired) electrons. The van der Waals surface area contributed by atoms with E-state index < -0.39 is 0 Å². The summed E-state index contributed by atoms with van der Waals surface area (Å²) in [6, 6.07) is 0. The summed E-state index contributed by atoms with van der Waals surface area (Å²) in [7, 11) is 0. The molecule has 28 heavy (non-hydrogen) atoms. The Hall–Kier alpha value is 0. The van der Waals surface area contributed by atoms with Crippen molar-refractivity contribution in [1.82, 2.24) is 0 Å². The minimum Gasteiger partial charge on any atom is -0.0654 e. The van der Waals surface area contributed by atoms with Gasteiger partial charge in [0.2, 0.25) is 0 Å². The topological polar surface area (TPSA) is 0 Å². The molecular formula is C28H58. The second-order valence-electron chi connectivity index (χ2n) is 9.60. The van der Waals surface area contributed by atoms with Crippen molar-refractivity contribution in [3.63, 3.8) is 0 Å². The van der Waals surface area contributed by atoms with Crippen molar-refractivity contribution in [2.75, 3.05) is 0 Å². The number of unbranched alkanes of at least 4 members (excludes halogenated alkanes) is 18. The fourth-order valence-corrected chi connectivity index (χ4v) is 4.60. The van der Waals surface area contributed by atoms with Crippen LogP contribution in [0.3, 0.4) is 0 Å². The van der Waals surface area contributed by atoms with Gasteiger partial charge in [0.25, 0.3) is 0 Å². The van der Waals surface area contributed by atoms with E-state index in [4.69, 9.17) is 0 Å². The van der Waals surface area contributed by atoms with E-state index >= 15 is 0 Å². The molecule has 0 aliphatic carbocycles. The van der Waals surface area contributed by atoms with Crippen molar-refractivity contribution >= 4 is 0 Å². The SMILES string of the molecule is CCCCCCCCCC(CCCCCCCCC)CCCCCCCCC. The standard InChI is InChI=1S/C28H58/c1-4-7-10-13-16-19-22-25-28(26-23-20-17-14-11-8-5-2)27-24-21-18-15-12-9-6-3/h28H,4-27H2,1-3H3. The predicted octanol–water partition coefficient (Wildman–Crippen LogP) is 11.0. The summed E-state index contributed by atoms with van der Waals surface area (Å²) in [6.45, 7) is 6.95. The first-order valence-corrected chi connectivity index (χ1v) is 13.8. The van der Waals surface area contributed by atoms with Gasteiger partial charge in [0, 0.05) is 0 Å². The van der Waals surface area contributed by atoms with Gasteiger partial charge in [-0.05, 0) is 5.92 Å². The van der Waals surface area contributed by atoms with Crippen molar-refractivity contribution < 1.29 is 0 Å². The van der Waals surface area contributed by atoms with Gasteiger partial charge in [-0.3, -0.25) is 0 Å². The number of rotatable bonds is 24. The molecule has 0 N–H and O–H groups in total. The van der Waals surface area contributed by atoms with E-state index in [1.807, 2.05) is 0 Å². The molecule has 0 unspecified atom stereocenters. The van der Waals surface area contributed by atoms with Crippen LogP contribution in [0.4, 0.5) is 0 Å². The molecule has 0 aromatic rings. The molecule has 0 amide bonds. The van der Waals surface area contributed by atoms with Crippen LogP contribution >= 0.6 is 0 Å². The Morgan fingerprint density at radius 1 is 0.286 bits per heavy atom. The van der Waals surface area contributed by atoms with E-state index in [2.05, 4.69) is 20.8 Å². The molecule has 0 aromatic carbocycles. The molecule has 0 heterocycles. The quantitative estimate of drug-likeness (QED) is 0.143. The number of hydrogen-bond acceptors (Lipinski definition) is 0. The Balaban J connectivity index is 3.80. The largest absolute Gasteiger partial charge is 0.0654 e. The first-order valence-electron chi connectivity index (χ1n) is 13.8. The summed E-state index contributed by atoms with van der Waals surface area (Å²) in [5, 5.41) is 0. The third kappa shape index (κ3) is 22.3. The lowest BCUT2D eigenvalue weighted by molar-refractivity contribution is 0.365. The molecule has 0 aliphatic rings. The van der Waals surface area contributed by atoms with Gasteiger partial charge in [-0.25, -0.2) is 0 Å². The van der Waals surface area contributed by atoms with Crippen LogP contribution in [0.15, 0.2) is 0 Å². The van der Waals surface area contributed by atoms with Gasteiger partial charge >= 0.3 is 0 Å². The summed E-state index contributed by atoms with van der Waals surface area (Å²) in [4.78, 5) is 0. The highest BCUT2D eigenvalue weighted by Crippen LogP contribution is 2.25. The van der Waals surface area contributed by atoms with Gasteiger partial charge in [0.15, 0.2) is 0 Å². The summed E-state index contributed by atoms with van der Waals surface area (Å²) in [5.41, 5.74) is 0. The lowest BCUT2D eigenvalue weighted by atomic mass is 9.89. The molecule has 0 saturated heterocycles. The lowest BCUT2D eigenvalue weighted by Gasteiger charge is -2.17. The maximum atomic E-state index is 2.32. The molecule has 0 saturated carbocycles. The molecule has 0 nitrogen and oxygen atoms in total. The van der Waals surface area contributed by atoms with Crippen LogP contribution in [0.1, 0.15) is 175 Å². The van der Waals surface area contributed by atoms with Gasteiger partial charge in [0.05, 0.1) is 0 Å². The Kier molecular flexibility index (Phi) is 25.0. The Labute approximate surface area is 181 Å². The minimum absolute atomic E-state index is 1.04. The van der Waals surface area contributed by atoms with E-state index in [0.29, 0.717) is 0 Å². The van der Waals surface area contributed by atoms with Crippen LogP contribution in [0.5, 0.6) is 0 Å². The van der Waals surface area contributed by atoms with Crippen molar-refractivity contribution in [3.8, 4) is 0 Å². The van der Waals surface area contributed by atoms with E-state index in [-0.39, 0.29) is 0 Å². The summed E-state index contributed by atoms with van der Waals surface area (Å²) in [5.74, 6) is 1.04. The van der Waals surface area contributed by atoms with Crippen molar-refractivity contribution in [2.45, 2.75) is 175 Å². The van der Waals surface area contributed by atoms with Gasteiger partial charge in [-0.2, -0.15) is 0 Å². The maximum Gasteiger partial charge on any atom is -0.0414 e. The number of hydrogen-bond donors (Lipinski definition) is 0. The van der Waals surface area contributed by atoms with Crippen LogP contribution in [-0.2, 0) is 0 Å². The van der Waals surface area contributed by atoms with Crippen LogP contribution in [0, 0.1) is 5.92 Å². The van der Waals surface area contributed by atoms with Crippen molar-refractivity contribution in [2.24, 2.45) is 5.92 Å². The van der Waals surface area contributed by atoms with Crippen molar-refractivity contribution in [3.05, 3.63) is 0 Å². The molecule has 0 bridgehead atoms. The molecule has 170 valence electrons. The third-order valence-electron chi connectivity index (χ3n) is 6.65. The second kappa shape index (κ2) is 25.0. The van der Waals surface area contributed by atoms with Gasteiger partial charge < -0.3 is 0 Å². The zero-order chi connectivity index (χ0) is 20.5. The van der Waals surface area contributed by atoms with Gasteiger partial charge in [-0.15, -0.1) is 0 Å². The molecule has 0 atom stereocenters. The highest BCUT2D eigenvalue weighted by molar-refractivity contribution is 4.62. The maximum absolute atomic E-state index is 2.32. The molecule has 0 aromatic heterocycles. The van der Waals surface area contributed by atoms with E-state index in [0.717, 1.165) is 5.92 Å². The molecule has 0 fully saturated rings. The Morgan fingerprint density at radius 2 is 0.500 bits per heavy atom. The summed E-state index contributed by atoms with van der Waals surface area (Å²) in [6.07, 6.45) is 35.3. The average molecular weight is 395 g/mol. The highest BCUT2D eigenvalue weighted by Gasteiger charge is 2.08. The third-order valence-corrected chi connectivity index (χ3v) is 6.65. The second-order valence-corrected chi connectivity index (χ2v) is 9.60. The first kappa shape index (κ1) is 28.0. The van der Waals surface area contributed by atoms with Crippen LogP contribution in [-0.4, -0.2) is 0 Å². The van der Waals surface area contributed by atoms with Crippen LogP contribution in [0.2, 0.25) is 0 Å². The molecule has 0 spiro atoms. The predicted molar refractivity (Wildman–Crippen MR) is 131 cm³/mol. The van der Waals surface area contributed by atoms with Crippen LogP contribution < -0.4 is 0 Å². The lowest BCUT2D eigenvalue weighted by Crippen LogP contribution is -2.01. The monoisotopic (exact) mass is 394 g/mol. The Morgan fingerprint density at radius 3 is 0.750 bits per heavy atom. The Bertz CT molecular complexity index is 214. The first-order chi connectivity index (χ1) is 13.8. The van der Waals surface area contributed by atoms with Crippen LogP contribution in [0.25, 0.3) is 0 Å². The fourth-order valence-electron chi connectivity index (χ4n) is 4.60. The van der Waals surface area contributed by atoms with Gasteiger partial charge in [0.1, 0.15) is 0 Å². The normalized spacial score (nSPS) is 11.6. The highest BCUT2D eigenvalue weighted by atomic mass is 14.1. The summed E-state index contributed by atoms with van der Waals surface area (Å²) >= 11 is 0. The zero-order valence-corrected chi connectivity index (χ0v) is 20.5. The zero-order valence-electron chi connectivity index (χ0n) is 20.5. The smallest absolute Gasteiger partial charge is 0.0414 e. The minimum atomic E-state index is 1.04. The van der Waals surface area contributed by atoms with Gasteiger partial charge in [-0.1, -0.05) is 175 Å². The van der Waals surface area contributed by atoms with E-state index in [9.17, 15) is 0 Å². The average Bonchev–Trinajstić information content (AvgIpc) is 2.71. The molecule has 0 heteroatoms. The van der Waals surface area contributed by atoms with Crippen molar-refractivity contribution in [1.29, 1.82) is 0 Å². The molecule has 0 aliphatic heterocycles. The molecular weight excluding hydrogens is 336 g/mol. The van der Waals surface area contributed by atoms with E-state index in [1.165, 1.54) is 154 Å². The summed E-state index contributed by atoms with van der Waals surface area (Å²) < 4.78 is 0. The molecule has 0 rings (SSSR count).